The molecule has 0 fully saturated rings. The van der Waals surface area contributed by atoms with Crippen LogP contribution < -0.4 is 0 Å². The van der Waals surface area contributed by atoms with Gasteiger partial charge >= 0.3 is 11.9 Å². The molecule has 0 aromatic carbocycles. The van der Waals surface area contributed by atoms with Crippen molar-refractivity contribution in [1.29, 1.82) is 0 Å². The molecule has 0 aliphatic heterocycles. The van der Waals surface area contributed by atoms with Gasteiger partial charge in [0.25, 0.3) is 0 Å². The summed E-state index contributed by atoms with van der Waals surface area (Å²) in [6, 6.07) is 0. The van der Waals surface area contributed by atoms with Gasteiger partial charge in [0.15, 0.2) is 6.10 Å². The number of allylic oxidation sites excluding steroid dienone is 29. The number of hydrogen-bond donors (Lipinski definition) is 0. The largest absolute Gasteiger partial charge is 0.461 e. The number of ether oxygens (including phenoxy) is 3. The van der Waals surface area contributed by atoms with Crippen molar-refractivity contribution in [2.45, 2.75) is 168 Å². The van der Waals surface area contributed by atoms with Gasteiger partial charge < -0.3 is 14.2 Å². The van der Waals surface area contributed by atoms with Gasteiger partial charge in [-0.05, 0) is 128 Å². The molecule has 5 nitrogen and oxygen atoms in total. The normalized spacial score (nSPS) is 13.8. The summed E-state index contributed by atoms with van der Waals surface area (Å²) in [4.78, 5) is 25.3. The molecular weight excluding hydrogens is 813 g/mol. The second kappa shape index (κ2) is 54.3. The van der Waals surface area contributed by atoms with Crippen LogP contribution in [0.5, 0.6) is 0 Å². The van der Waals surface area contributed by atoms with Crippen molar-refractivity contribution in [1.82, 2.24) is 0 Å². The second-order valence-corrected chi connectivity index (χ2v) is 15.6. The topological polar surface area (TPSA) is 61.8 Å². The molecule has 0 saturated heterocycles. The second-order valence-electron chi connectivity index (χ2n) is 15.6. The fourth-order valence-electron chi connectivity index (χ4n) is 5.82. The molecule has 1 unspecified atom stereocenters. The minimum atomic E-state index is -0.644. The standard InChI is InChI=1S/C61H90O5/c1-4-7-10-13-16-19-22-25-28-29-30-31-32-35-38-41-44-47-50-53-56-64-57-59(66-61(63)55-52-49-46-43-40-37-34-27-24-21-18-15-12-9-6-3)58-65-60(62)54-51-48-45-42-39-36-33-26-23-20-17-14-11-8-5-2/h7-12,16-21,25-28,30-31,33-35,38-40,42-44,47-48,51,59H,4-6,13-15,22-24,29,32,36-37,41,45-46,49-50,52-58H2,1-3H3/b10-7-,11-8-,12-9-,19-16-,20-17-,21-18-,28-25-,31-30-,33-26-,34-27-,38-35-,42-39-,43-40-,47-44-,51-48-. The van der Waals surface area contributed by atoms with E-state index in [2.05, 4.69) is 191 Å². The molecule has 0 aliphatic rings. The van der Waals surface area contributed by atoms with Crippen molar-refractivity contribution in [3.63, 3.8) is 0 Å². The van der Waals surface area contributed by atoms with Crippen LogP contribution in [0.4, 0.5) is 0 Å². The number of hydrogen-bond acceptors (Lipinski definition) is 5. The number of carbonyl (C=O) groups is 2. The first-order valence-electron chi connectivity index (χ1n) is 25.3. The molecule has 0 aliphatic carbocycles. The Morgan fingerprint density at radius 2 is 0.667 bits per heavy atom. The quantitative estimate of drug-likeness (QED) is 0.0347. The van der Waals surface area contributed by atoms with Crippen LogP contribution in [0.3, 0.4) is 0 Å². The van der Waals surface area contributed by atoms with Gasteiger partial charge in [-0.15, -0.1) is 0 Å². The molecule has 0 radical (unpaired) electrons. The number of unbranched alkanes of at least 4 members (excludes halogenated alkanes) is 3. The number of rotatable bonds is 43. The van der Waals surface area contributed by atoms with Crippen LogP contribution in [0.1, 0.15) is 162 Å². The maximum absolute atomic E-state index is 12.8. The van der Waals surface area contributed by atoms with E-state index in [1.807, 2.05) is 12.2 Å². The monoisotopic (exact) mass is 903 g/mol. The molecule has 5 heteroatoms. The van der Waals surface area contributed by atoms with Crippen LogP contribution in [-0.2, 0) is 23.8 Å². The fraction of sp³-hybridized carbons (Fsp3) is 0.475. The maximum Gasteiger partial charge on any atom is 0.309 e. The van der Waals surface area contributed by atoms with Crippen LogP contribution in [0.15, 0.2) is 182 Å². The molecule has 0 rings (SSSR count). The lowest BCUT2D eigenvalue weighted by Gasteiger charge is -2.18. The zero-order valence-corrected chi connectivity index (χ0v) is 41.6. The predicted molar refractivity (Wildman–Crippen MR) is 287 cm³/mol. The van der Waals surface area contributed by atoms with Gasteiger partial charge in [-0.1, -0.05) is 203 Å². The van der Waals surface area contributed by atoms with Crippen molar-refractivity contribution in [3.05, 3.63) is 182 Å². The first-order valence-corrected chi connectivity index (χ1v) is 25.3. The fourth-order valence-corrected chi connectivity index (χ4v) is 5.82. The molecule has 0 aromatic heterocycles. The van der Waals surface area contributed by atoms with Gasteiger partial charge in [0.2, 0.25) is 0 Å². The lowest BCUT2D eigenvalue weighted by Crippen LogP contribution is -2.30. The zero-order valence-electron chi connectivity index (χ0n) is 41.6. The third-order valence-corrected chi connectivity index (χ3v) is 9.45. The van der Waals surface area contributed by atoms with Crippen molar-refractivity contribution in [2.75, 3.05) is 19.8 Å². The minimum absolute atomic E-state index is 0.0234. The average Bonchev–Trinajstić information content (AvgIpc) is 3.32. The first-order chi connectivity index (χ1) is 32.6. The highest BCUT2D eigenvalue weighted by molar-refractivity contribution is 5.71. The molecule has 66 heavy (non-hydrogen) atoms. The SMILES string of the molecule is CC/C=C\C/C=C\C/C=C\C/C=C\C/C=C\C/C=C\CCCOCC(COC(=O)C/C=C\C/C=C\C/C=C\C/C=C\C/C=C\CC)OC(=O)CCCC/C=C\C/C=C\C/C=C\C/C=C\CC. The number of carbonyl (C=O) groups excluding carboxylic acids is 2. The smallest absolute Gasteiger partial charge is 0.309 e. The van der Waals surface area contributed by atoms with E-state index >= 15 is 0 Å². The molecule has 0 aromatic rings. The van der Waals surface area contributed by atoms with Gasteiger partial charge in [0.05, 0.1) is 13.0 Å². The van der Waals surface area contributed by atoms with Crippen LogP contribution in [0, 0.1) is 0 Å². The van der Waals surface area contributed by atoms with Crippen LogP contribution in [0.2, 0.25) is 0 Å². The van der Waals surface area contributed by atoms with E-state index in [9.17, 15) is 9.59 Å². The Labute approximate surface area is 404 Å². The van der Waals surface area contributed by atoms with E-state index in [-0.39, 0.29) is 31.6 Å². The van der Waals surface area contributed by atoms with Crippen LogP contribution >= 0.6 is 0 Å². The van der Waals surface area contributed by atoms with Gasteiger partial charge in [0, 0.05) is 13.0 Å². The Balaban J connectivity index is 4.61. The van der Waals surface area contributed by atoms with E-state index in [0.717, 1.165) is 128 Å². The summed E-state index contributed by atoms with van der Waals surface area (Å²) in [6.45, 7) is 7.14. The molecule has 1 atom stereocenters. The van der Waals surface area contributed by atoms with E-state index < -0.39 is 6.10 Å². The Bertz CT molecular complexity index is 1580. The van der Waals surface area contributed by atoms with E-state index in [1.165, 1.54) is 0 Å². The molecule has 0 saturated carbocycles. The average molecular weight is 903 g/mol. The number of esters is 2. The van der Waals surface area contributed by atoms with Gasteiger partial charge in [-0.3, -0.25) is 9.59 Å². The van der Waals surface area contributed by atoms with E-state index in [0.29, 0.717) is 13.0 Å². The van der Waals surface area contributed by atoms with Crippen LogP contribution in [-0.4, -0.2) is 37.9 Å². The molecule has 0 spiro atoms. The Kier molecular flexibility index (Phi) is 50.2. The van der Waals surface area contributed by atoms with Crippen molar-refractivity contribution in [3.8, 4) is 0 Å². The maximum atomic E-state index is 12.8. The summed E-state index contributed by atoms with van der Waals surface area (Å²) in [6.07, 6.45) is 83.7. The lowest BCUT2D eigenvalue weighted by molar-refractivity contribution is -0.162. The molecular formula is C61H90O5. The van der Waals surface area contributed by atoms with Crippen molar-refractivity contribution < 1.29 is 23.8 Å². The Morgan fingerprint density at radius 1 is 0.348 bits per heavy atom. The third kappa shape index (κ3) is 51.6. The summed E-state index contributed by atoms with van der Waals surface area (Å²) in [5.41, 5.74) is 0. The predicted octanol–water partition coefficient (Wildman–Crippen LogP) is 17.4. The van der Waals surface area contributed by atoms with Gasteiger partial charge in [0.1, 0.15) is 6.61 Å². The highest BCUT2D eigenvalue weighted by atomic mass is 16.6. The summed E-state index contributed by atoms with van der Waals surface area (Å²) in [5.74, 6) is -0.645. The van der Waals surface area contributed by atoms with Gasteiger partial charge in [-0.25, -0.2) is 0 Å². The van der Waals surface area contributed by atoms with E-state index in [1.54, 1.807) is 0 Å². The van der Waals surface area contributed by atoms with Gasteiger partial charge in [-0.2, -0.15) is 0 Å². The Morgan fingerprint density at radius 3 is 1.03 bits per heavy atom. The van der Waals surface area contributed by atoms with Crippen molar-refractivity contribution in [2.24, 2.45) is 0 Å². The highest BCUT2D eigenvalue weighted by Gasteiger charge is 2.17. The summed E-state index contributed by atoms with van der Waals surface area (Å²) >= 11 is 0. The third-order valence-electron chi connectivity index (χ3n) is 9.45. The lowest BCUT2D eigenvalue weighted by atomic mass is 10.2. The molecule has 0 amide bonds. The highest BCUT2D eigenvalue weighted by Crippen LogP contribution is 2.08. The Hall–Kier alpha value is -5.00. The minimum Gasteiger partial charge on any atom is -0.461 e. The summed E-state index contributed by atoms with van der Waals surface area (Å²) in [7, 11) is 0. The summed E-state index contributed by atoms with van der Waals surface area (Å²) in [5, 5.41) is 0. The molecule has 0 N–H and O–H groups in total. The molecule has 364 valence electrons. The molecule has 0 heterocycles. The summed E-state index contributed by atoms with van der Waals surface area (Å²) < 4.78 is 17.2. The van der Waals surface area contributed by atoms with Crippen LogP contribution in [0.25, 0.3) is 0 Å². The zero-order chi connectivity index (χ0) is 47.7. The first kappa shape index (κ1) is 61.0. The molecule has 0 bridgehead atoms. The van der Waals surface area contributed by atoms with Crippen molar-refractivity contribution >= 4 is 11.9 Å². The van der Waals surface area contributed by atoms with E-state index in [4.69, 9.17) is 14.2 Å².